The molecular weight excluding hydrogens is 355 g/mol. The van der Waals surface area contributed by atoms with Crippen LogP contribution in [0.3, 0.4) is 0 Å². The Hall–Kier alpha value is -2.02. The lowest BCUT2D eigenvalue weighted by Crippen LogP contribution is -2.33. The van der Waals surface area contributed by atoms with Crippen molar-refractivity contribution in [1.29, 1.82) is 0 Å². The summed E-state index contributed by atoms with van der Waals surface area (Å²) in [7, 11) is 0. The molecule has 0 unspecified atom stereocenters. The molecule has 1 amide bonds. The van der Waals surface area contributed by atoms with E-state index in [0.29, 0.717) is 31.0 Å². The Kier molecular flexibility index (Phi) is 6.11. The third kappa shape index (κ3) is 4.34. The second-order valence-electron chi connectivity index (χ2n) is 5.59. The molecule has 0 bridgehead atoms. The van der Waals surface area contributed by atoms with Gasteiger partial charge in [0.25, 0.3) is 5.91 Å². The lowest BCUT2D eigenvalue weighted by molar-refractivity contribution is -0.143. The molecule has 1 aromatic carbocycles. The average molecular weight is 374 g/mol. The lowest BCUT2D eigenvalue weighted by Gasteiger charge is -2.22. The van der Waals surface area contributed by atoms with Crippen molar-refractivity contribution in [3.05, 3.63) is 46.7 Å². The predicted molar refractivity (Wildman–Crippen MR) is 90.1 cm³/mol. The van der Waals surface area contributed by atoms with E-state index >= 15 is 0 Å². The SMILES string of the molecule is CCCN(CCC)C(=O)c1cnn(-c2ccc(Cl)cc2)c1C(F)(F)F. The zero-order valence-corrected chi connectivity index (χ0v) is 14.7. The predicted octanol–water partition coefficient (Wildman–Crippen LogP) is 4.81. The van der Waals surface area contributed by atoms with Crippen molar-refractivity contribution in [2.45, 2.75) is 32.9 Å². The van der Waals surface area contributed by atoms with Gasteiger partial charge in [0, 0.05) is 18.1 Å². The number of amides is 1. The molecule has 8 heteroatoms. The Morgan fingerprint density at radius 2 is 1.72 bits per heavy atom. The second kappa shape index (κ2) is 7.91. The summed E-state index contributed by atoms with van der Waals surface area (Å²) in [5.41, 5.74) is -1.32. The van der Waals surface area contributed by atoms with Gasteiger partial charge in [-0.25, -0.2) is 4.68 Å². The van der Waals surface area contributed by atoms with Gasteiger partial charge in [0.2, 0.25) is 0 Å². The van der Waals surface area contributed by atoms with Crippen LogP contribution < -0.4 is 0 Å². The Morgan fingerprint density at radius 1 is 1.16 bits per heavy atom. The molecule has 0 aliphatic heterocycles. The molecule has 0 saturated heterocycles. The molecule has 2 aromatic rings. The Bertz CT molecular complexity index is 720. The highest BCUT2D eigenvalue weighted by Gasteiger charge is 2.41. The maximum atomic E-state index is 13.6. The van der Waals surface area contributed by atoms with Crippen molar-refractivity contribution < 1.29 is 18.0 Å². The highest BCUT2D eigenvalue weighted by molar-refractivity contribution is 6.30. The van der Waals surface area contributed by atoms with Crippen LogP contribution in [0.1, 0.15) is 42.7 Å². The van der Waals surface area contributed by atoms with Crippen LogP contribution in [0.2, 0.25) is 5.02 Å². The molecule has 0 N–H and O–H groups in total. The summed E-state index contributed by atoms with van der Waals surface area (Å²) in [5, 5.41) is 4.21. The quantitative estimate of drug-likeness (QED) is 0.729. The number of rotatable bonds is 6. The Morgan fingerprint density at radius 3 is 2.20 bits per heavy atom. The van der Waals surface area contributed by atoms with E-state index in [-0.39, 0.29) is 5.69 Å². The molecule has 0 fully saturated rings. The number of benzene rings is 1. The first-order valence-corrected chi connectivity index (χ1v) is 8.37. The maximum absolute atomic E-state index is 13.6. The number of halogens is 4. The molecule has 1 aromatic heterocycles. The average Bonchev–Trinajstić information content (AvgIpc) is 3.00. The first-order chi connectivity index (χ1) is 11.8. The maximum Gasteiger partial charge on any atom is 0.434 e. The summed E-state index contributed by atoms with van der Waals surface area (Å²) < 4.78 is 41.7. The number of aromatic nitrogens is 2. The van der Waals surface area contributed by atoms with Crippen LogP contribution in [0.25, 0.3) is 5.69 Å². The van der Waals surface area contributed by atoms with Crippen LogP contribution in [0.15, 0.2) is 30.5 Å². The van der Waals surface area contributed by atoms with Crippen LogP contribution in [-0.2, 0) is 6.18 Å². The van der Waals surface area contributed by atoms with Gasteiger partial charge in [-0.2, -0.15) is 18.3 Å². The zero-order valence-electron chi connectivity index (χ0n) is 14.0. The lowest BCUT2D eigenvalue weighted by atomic mass is 10.2. The van der Waals surface area contributed by atoms with Crippen molar-refractivity contribution in [3.8, 4) is 5.69 Å². The van der Waals surface area contributed by atoms with Crippen LogP contribution in [0.4, 0.5) is 13.2 Å². The van der Waals surface area contributed by atoms with E-state index in [0.717, 1.165) is 10.9 Å². The monoisotopic (exact) mass is 373 g/mol. The minimum absolute atomic E-state index is 0.188. The number of hydrogen-bond donors (Lipinski definition) is 0. The van der Waals surface area contributed by atoms with E-state index in [9.17, 15) is 18.0 Å². The molecule has 4 nitrogen and oxygen atoms in total. The highest BCUT2D eigenvalue weighted by atomic mass is 35.5. The van der Waals surface area contributed by atoms with Crippen LogP contribution >= 0.6 is 11.6 Å². The minimum atomic E-state index is -4.72. The van der Waals surface area contributed by atoms with Gasteiger partial charge in [0.15, 0.2) is 5.69 Å². The summed E-state index contributed by atoms with van der Waals surface area (Å²) in [6, 6.07) is 5.80. The molecule has 25 heavy (non-hydrogen) atoms. The molecule has 0 saturated carbocycles. The third-order valence-electron chi connectivity index (χ3n) is 3.61. The first-order valence-electron chi connectivity index (χ1n) is 8.00. The molecule has 0 aliphatic carbocycles. The van der Waals surface area contributed by atoms with Gasteiger partial charge < -0.3 is 4.90 Å². The van der Waals surface area contributed by atoms with Crippen LogP contribution in [0.5, 0.6) is 0 Å². The fourth-order valence-electron chi connectivity index (χ4n) is 2.58. The summed E-state index contributed by atoms with van der Waals surface area (Å²) in [4.78, 5) is 14.1. The van der Waals surface area contributed by atoms with E-state index in [1.807, 2.05) is 13.8 Å². The van der Waals surface area contributed by atoms with E-state index in [1.165, 1.54) is 29.2 Å². The number of hydrogen-bond acceptors (Lipinski definition) is 2. The zero-order chi connectivity index (χ0) is 18.6. The molecule has 136 valence electrons. The van der Waals surface area contributed by atoms with E-state index < -0.39 is 23.3 Å². The van der Waals surface area contributed by atoms with E-state index in [2.05, 4.69) is 5.10 Å². The highest BCUT2D eigenvalue weighted by Crippen LogP contribution is 2.34. The molecule has 2 rings (SSSR count). The topological polar surface area (TPSA) is 38.1 Å². The van der Waals surface area contributed by atoms with Gasteiger partial charge in [-0.05, 0) is 37.1 Å². The van der Waals surface area contributed by atoms with Gasteiger partial charge >= 0.3 is 6.18 Å². The van der Waals surface area contributed by atoms with E-state index in [1.54, 1.807) is 0 Å². The molecule has 0 aliphatic rings. The summed E-state index contributed by atoms with van der Waals surface area (Å²) >= 11 is 5.78. The minimum Gasteiger partial charge on any atom is -0.339 e. The van der Waals surface area contributed by atoms with E-state index in [4.69, 9.17) is 11.6 Å². The van der Waals surface area contributed by atoms with Crippen molar-refractivity contribution in [2.75, 3.05) is 13.1 Å². The van der Waals surface area contributed by atoms with Gasteiger partial charge in [0.1, 0.15) is 0 Å². The summed E-state index contributed by atoms with van der Waals surface area (Å²) in [6.07, 6.45) is -2.40. The largest absolute Gasteiger partial charge is 0.434 e. The normalized spacial score (nSPS) is 11.6. The standard InChI is InChI=1S/C17H19ClF3N3O/c1-3-9-23(10-4-2)16(25)14-11-22-24(15(14)17(19,20)21)13-7-5-12(18)6-8-13/h5-8,11H,3-4,9-10H2,1-2H3. The fraction of sp³-hybridized carbons (Fsp3) is 0.412. The Balaban J connectivity index is 2.52. The van der Waals surface area contributed by atoms with Crippen molar-refractivity contribution in [2.24, 2.45) is 0 Å². The summed E-state index contributed by atoms with van der Waals surface area (Å²) in [5.74, 6) is -0.656. The van der Waals surface area contributed by atoms with Gasteiger partial charge in [-0.3, -0.25) is 4.79 Å². The Labute approximate surface area is 149 Å². The van der Waals surface area contributed by atoms with Crippen LogP contribution in [0, 0.1) is 0 Å². The van der Waals surface area contributed by atoms with Crippen molar-refractivity contribution >= 4 is 17.5 Å². The molecule has 0 atom stereocenters. The first kappa shape index (κ1) is 19.3. The van der Waals surface area contributed by atoms with Gasteiger partial charge in [-0.15, -0.1) is 0 Å². The van der Waals surface area contributed by atoms with Crippen molar-refractivity contribution in [1.82, 2.24) is 14.7 Å². The number of carbonyl (C=O) groups is 1. The van der Waals surface area contributed by atoms with Gasteiger partial charge in [0.05, 0.1) is 17.4 Å². The molecule has 1 heterocycles. The number of carbonyl (C=O) groups excluding carboxylic acids is 1. The van der Waals surface area contributed by atoms with Crippen molar-refractivity contribution in [3.63, 3.8) is 0 Å². The number of nitrogens with zero attached hydrogens (tertiary/aromatic N) is 3. The number of alkyl halides is 3. The molecular formula is C17H19ClF3N3O. The summed E-state index contributed by atoms with van der Waals surface area (Å²) in [6.45, 7) is 4.54. The molecule has 0 spiro atoms. The van der Waals surface area contributed by atoms with Crippen LogP contribution in [-0.4, -0.2) is 33.7 Å². The third-order valence-corrected chi connectivity index (χ3v) is 3.87. The smallest absolute Gasteiger partial charge is 0.339 e. The van der Waals surface area contributed by atoms with Gasteiger partial charge in [-0.1, -0.05) is 25.4 Å². The second-order valence-corrected chi connectivity index (χ2v) is 6.02. The molecule has 0 radical (unpaired) electrons. The fourth-order valence-corrected chi connectivity index (χ4v) is 2.71.